The molecule has 0 bridgehead atoms. The number of alkyl halides is 3. The molecule has 0 saturated carbocycles. The molecule has 1 amide bonds. The molecule has 0 unspecified atom stereocenters. The average molecular weight is 287 g/mol. The molecule has 2 N–H and O–H groups in total. The molecule has 8 heteroatoms. The highest BCUT2D eigenvalue weighted by atomic mass is 32.2. The zero-order valence-electron chi connectivity index (χ0n) is 9.36. The largest absolute Gasteiger partial charge is 0.446 e. The summed E-state index contributed by atoms with van der Waals surface area (Å²) in [6.45, 7) is 0. The lowest BCUT2D eigenvalue weighted by molar-refractivity contribution is -0.0328. The Morgan fingerprint density at radius 1 is 1.32 bits per heavy atom. The van der Waals surface area contributed by atoms with E-state index in [0.29, 0.717) is 5.69 Å². The lowest BCUT2D eigenvalue weighted by Crippen LogP contribution is -2.13. The van der Waals surface area contributed by atoms with Crippen LogP contribution in [0.1, 0.15) is 10.4 Å². The van der Waals surface area contributed by atoms with Crippen LogP contribution in [0.25, 0.3) is 0 Å². The van der Waals surface area contributed by atoms with Crippen LogP contribution in [0.15, 0.2) is 41.6 Å². The lowest BCUT2D eigenvalue weighted by atomic mass is 10.2. The highest BCUT2D eigenvalue weighted by molar-refractivity contribution is 8.00. The molecule has 19 heavy (non-hydrogen) atoms. The number of anilines is 1. The molecule has 1 heterocycles. The van der Waals surface area contributed by atoms with Crippen LogP contribution in [-0.2, 0) is 0 Å². The molecule has 0 radical (unpaired) electrons. The number of carbonyl (C=O) groups is 1. The van der Waals surface area contributed by atoms with Crippen LogP contribution in [0, 0.1) is 0 Å². The van der Waals surface area contributed by atoms with Gasteiger partial charge in [0.1, 0.15) is 0 Å². The molecule has 0 saturated heterocycles. The number of aromatic amines is 1. The molecule has 0 atom stereocenters. The molecular weight excluding hydrogens is 279 g/mol. The van der Waals surface area contributed by atoms with Gasteiger partial charge < -0.3 is 5.32 Å². The summed E-state index contributed by atoms with van der Waals surface area (Å²) in [5, 5.41) is 8.57. The first-order valence-corrected chi connectivity index (χ1v) is 5.92. The van der Waals surface area contributed by atoms with E-state index >= 15 is 0 Å². The van der Waals surface area contributed by atoms with Crippen molar-refractivity contribution in [3.63, 3.8) is 0 Å². The third-order valence-electron chi connectivity index (χ3n) is 2.11. The molecule has 0 spiro atoms. The molecule has 2 aromatic rings. The predicted molar refractivity (Wildman–Crippen MR) is 64.9 cm³/mol. The summed E-state index contributed by atoms with van der Waals surface area (Å²) in [7, 11) is 0. The number of benzene rings is 1. The topological polar surface area (TPSA) is 57.8 Å². The van der Waals surface area contributed by atoms with Gasteiger partial charge in [-0.25, -0.2) is 0 Å². The van der Waals surface area contributed by atoms with Crippen LogP contribution in [0.5, 0.6) is 0 Å². The summed E-state index contributed by atoms with van der Waals surface area (Å²) in [5.41, 5.74) is -4.09. The first-order chi connectivity index (χ1) is 8.96. The molecule has 2 rings (SSSR count). The second-order valence-electron chi connectivity index (χ2n) is 3.49. The minimum absolute atomic E-state index is 0.0361. The van der Waals surface area contributed by atoms with Crippen molar-refractivity contribution in [2.45, 2.75) is 10.4 Å². The fourth-order valence-corrected chi connectivity index (χ4v) is 2.05. The standard InChI is InChI=1S/C11H8F3N3OS/c12-11(13,14)19-9-4-2-1-3-8(9)10(18)17-7-5-15-16-6-7/h1-6H,(H,15,16)(H,17,18). The number of nitrogens with one attached hydrogen (secondary N) is 2. The third kappa shape index (κ3) is 3.75. The zero-order chi connectivity index (χ0) is 13.9. The summed E-state index contributed by atoms with van der Waals surface area (Å²) >= 11 is -0.316. The number of halogens is 3. The molecular formula is C11H8F3N3OS. The number of carbonyl (C=O) groups excluding carboxylic acids is 1. The molecule has 0 aliphatic heterocycles. The van der Waals surface area contributed by atoms with Crippen molar-refractivity contribution < 1.29 is 18.0 Å². The number of hydrogen-bond donors (Lipinski definition) is 2. The van der Waals surface area contributed by atoms with Gasteiger partial charge in [0, 0.05) is 11.1 Å². The lowest BCUT2D eigenvalue weighted by Gasteiger charge is -2.10. The zero-order valence-corrected chi connectivity index (χ0v) is 10.2. The minimum Gasteiger partial charge on any atom is -0.319 e. The predicted octanol–water partition coefficient (Wildman–Crippen LogP) is 3.27. The van der Waals surface area contributed by atoms with Crippen molar-refractivity contribution >= 4 is 23.4 Å². The maximum absolute atomic E-state index is 12.4. The Balaban J connectivity index is 2.21. The van der Waals surface area contributed by atoms with Gasteiger partial charge in [-0.05, 0) is 23.9 Å². The molecule has 0 aliphatic rings. The molecule has 1 aromatic carbocycles. The van der Waals surface area contributed by atoms with E-state index in [-0.39, 0.29) is 22.2 Å². The van der Waals surface area contributed by atoms with Gasteiger partial charge in [0.15, 0.2) is 0 Å². The summed E-state index contributed by atoms with van der Waals surface area (Å²) in [6.07, 6.45) is 2.79. The number of H-pyrrole nitrogens is 1. The van der Waals surface area contributed by atoms with Crippen LogP contribution < -0.4 is 5.32 Å². The van der Waals surface area contributed by atoms with Gasteiger partial charge in [0.05, 0.1) is 17.4 Å². The summed E-state index contributed by atoms with van der Waals surface area (Å²) in [5.74, 6) is -0.617. The van der Waals surface area contributed by atoms with E-state index in [2.05, 4.69) is 15.5 Å². The van der Waals surface area contributed by atoms with E-state index in [1.807, 2.05) is 0 Å². The Kier molecular flexibility index (Phi) is 3.79. The fraction of sp³-hybridized carbons (Fsp3) is 0.0909. The number of amides is 1. The van der Waals surface area contributed by atoms with Crippen LogP contribution >= 0.6 is 11.8 Å². The van der Waals surface area contributed by atoms with Gasteiger partial charge in [0.2, 0.25) is 0 Å². The van der Waals surface area contributed by atoms with Crippen molar-refractivity contribution in [1.82, 2.24) is 10.2 Å². The molecule has 1 aromatic heterocycles. The van der Waals surface area contributed by atoms with E-state index in [1.165, 1.54) is 36.7 Å². The second kappa shape index (κ2) is 5.35. The Bertz CT molecular complexity index is 569. The van der Waals surface area contributed by atoms with Gasteiger partial charge in [-0.3, -0.25) is 9.89 Å². The van der Waals surface area contributed by atoms with Gasteiger partial charge >= 0.3 is 5.51 Å². The Morgan fingerprint density at radius 2 is 2.05 bits per heavy atom. The van der Waals surface area contributed by atoms with E-state index in [0.717, 1.165) is 0 Å². The minimum atomic E-state index is -4.44. The number of hydrogen-bond acceptors (Lipinski definition) is 3. The highest BCUT2D eigenvalue weighted by Crippen LogP contribution is 2.38. The normalized spacial score (nSPS) is 11.3. The summed E-state index contributed by atoms with van der Waals surface area (Å²) in [4.78, 5) is 11.7. The molecule has 0 fully saturated rings. The summed E-state index contributed by atoms with van der Waals surface area (Å²) < 4.78 is 37.1. The van der Waals surface area contributed by atoms with Gasteiger partial charge in [0.25, 0.3) is 5.91 Å². The Morgan fingerprint density at radius 3 is 2.68 bits per heavy atom. The highest BCUT2D eigenvalue weighted by Gasteiger charge is 2.31. The third-order valence-corrected chi connectivity index (χ3v) is 2.92. The summed E-state index contributed by atoms with van der Waals surface area (Å²) in [6, 6.07) is 5.54. The van der Waals surface area contributed by atoms with Gasteiger partial charge in [-0.1, -0.05) is 12.1 Å². The van der Waals surface area contributed by atoms with Crippen molar-refractivity contribution in [3.8, 4) is 0 Å². The maximum atomic E-state index is 12.4. The van der Waals surface area contributed by atoms with Crippen LogP contribution in [0.3, 0.4) is 0 Å². The second-order valence-corrected chi connectivity index (χ2v) is 4.59. The van der Waals surface area contributed by atoms with E-state index < -0.39 is 11.4 Å². The average Bonchev–Trinajstić information content (AvgIpc) is 2.80. The van der Waals surface area contributed by atoms with E-state index in [9.17, 15) is 18.0 Å². The number of aromatic nitrogens is 2. The molecule has 100 valence electrons. The van der Waals surface area contributed by atoms with Crippen LogP contribution in [-0.4, -0.2) is 21.6 Å². The van der Waals surface area contributed by atoms with E-state index in [4.69, 9.17) is 0 Å². The van der Waals surface area contributed by atoms with Crippen molar-refractivity contribution in [1.29, 1.82) is 0 Å². The van der Waals surface area contributed by atoms with E-state index in [1.54, 1.807) is 0 Å². The number of rotatable bonds is 3. The van der Waals surface area contributed by atoms with Crippen molar-refractivity contribution in [2.75, 3.05) is 5.32 Å². The quantitative estimate of drug-likeness (QED) is 0.852. The SMILES string of the molecule is O=C(Nc1cn[nH]c1)c1ccccc1SC(F)(F)F. The van der Waals surface area contributed by atoms with Crippen molar-refractivity contribution in [3.05, 3.63) is 42.2 Å². The smallest absolute Gasteiger partial charge is 0.319 e. The van der Waals surface area contributed by atoms with Crippen LogP contribution in [0.4, 0.5) is 18.9 Å². The van der Waals surface area contributed by atoms with Crippen LogP contribution in [0.2, 0.25) is 0 Å². The fourth-order valence-electron chi connectivity index (χ4n) is 1.39. The monoisotopic (exact) mass is 287 g/mol. The Labute approximate surface area is 110 Å². The number of nitrogens with zero attached hydrogens (tertiary/aromatic N) is 1. The van der Waals surface area contributed by atoms with Crippen molar-refractivity contribution in [2.24, 2.45) is 0 Å². The molecule has 0 aliphatic carbocycles. The number of thioether (sulfide) groups is 1. The first-order valence-electron chi connectivity index (χ1n) is 5.10. The molecule has 4 nitrogen and oxygen atoms in total. The Hall–Kier alpha value is -1.96. The van der Waals surface area contributed by atoms with Gasteiger partial charge in [-0.15, -0.1) is 0 Å². The van der Waals surface area contributed by atoms with Gasteiger partial charge in [-0.2, -0.15) is 18.3 Å². The maximum Gasteiger partial charge on any atom is 0.446 e. The first kappa shape index (κ1) is 13.5.